The van der Waals surface area contributed by atoms with Gasteiger partial charge in [-0.05, 0) is 76.9 Å². The van der Waals surface area contributed by atoms with Crippen molar-refractivity contribution in [2.75, 3.05) is 4.90 Å². The molecule has 0 amide bonds. The van der Waals surface area contributed by atoms with E-state index in [9.17, 15) is 0 Å². The van der Waals surface area contributed by atoms with Gasteiger partial charge in [0.25, 0.3) is 0 Å². The van der Waals surface area contributed by atoms with E-state index < -0.39 is 0 Å². The van der Waals surface area contributed by atoms with Gasteiger partial charge in [-0.1, -0.05) is 98.4 Å². The molecule has 0 atom stereocenters. The van der Waals surface area contributed by atoms with Crippen LogP contribution in [0.5, 0.6) is 0 Å². The summed E-state index contributed by atoms with van der Waals surface area (Å²) in [6, 6.07) is 45.8. The summed E-state index contributed by atoms with van der Waals surface area (Å²) in [5, 5.41) is 0. The number of benzene rings is 5. The number of rotatable bonds is 5. The number of para-hydroxylation sites is 1. The lowest BCUT2D eigenvalue weighted by atomic mass is 9.82. The van der Waals surface area contributed by atoms with Crippen LogP contribution in [0.25, 0.3) is 11.1 Å². The normalized spacial score (nSPS) is 13.2. The standard InChI is InChI=1S/C33H27NS/c1-33(2)31-19-10-9-18-29(31)30-23-26(20-21-32(30)33)34(24-12-5-3-6-13-24)25-14-11-17-28(22-25)35-27-15-7-4-8-16-27/h3-23H,1-2H3. The van der Waals surface area contributed by atoms with Crippen molar-refractivity contribution < 1.29 is 0 Å². The molecule has 0 heterocycles. The summed E-state index contributed by atoms with van der Waals surface area (Å²) >= 11 is 1.79. The average Bonchev–Trinajstić information content (AvgIpc) is 3.12. The van der Waals surface area contributed by atoms with Gasteiger partial charge < -0.3 is 4.90 Å². The Kier molecular flexibility index (Phi) is 5.47. The zero-order chi connectivity index (χ0) is 23.8. The highest BCUT2D eigenvalue weighted by Crippen LogP contribution is 2.50. The van der Waals surface area contributed by atoms with Gasteiger partial charge in [0.15, 0.2) is 0 Å². The van der Waals surface area contributed by atoms with Gasteiger partial charge in [-0.3, -0.25) is 0 Å². The van der Waals surface area contributed by atoms with Crippen LogP contribution in [-0.2, 0) is 5.41 Å². The molecule has 1 nitrogen and oxygen atoms in total. The lowest BCUT2D eigenvalue weighted by Gasteiger charge is -2.27. The Morgan fingerprint density at radius 1 is 0.486 bits per heavy atom. The van der Waals surface area contributed by atoms with Gasteiger partial charge in [0.1, 0.15) is 0 Å². The lowest BCUT2D eigenvalue weighted by Crippen LogP contribution is -2.15. The van der Waals surface area contributed by atoms with Crippen LogP contribution in [-0.4, -0.2) is 0 Å². The molecule has 0 bridgehead atoms. The summed E-state index contributed by atoms with van der Waals surface area (Å²) in [5.41, 5.74) is 8.96. The first-order valence-corrected chi connectivity index (χ1v) is 12.9. The lowest BCUT2D eigenvalue weighted by molar-refractivity contribution is 0.660. The van der Waals surface area contributed by atoms with Crippen LogP contribution < -0.4 is 4.90 Å². The Bertz CT molecular complexity index is 1490. The van der Waals surface area contributed by atoms with Gasteiger partial charge >= 0.3 is 0 Å². The van der Waals surface area contributed by atoms with Crippen molar-refractivity contribution in [2.45, 2.75) is 29.1 Å². The molecule has 0 unspecified atom stereocenters. The van der Waals surface area contributed by atoms with Gasteiger partial charge in [-0.25, -0.2) is 0 Å². The molecule has 1 aliphatic carbocycles. The molecule has 1 aliphatic rings. The van der Waals surface area contributed by atoms with Crippen LogP contribution in [0.4, 0.5) is 17.1 Å². The number of fused-ring (bicyclic) bond motifs is 3. The molecule has 0 aromatic heterocycles. The third kappa shape index (κ3) is 3.94. The summed E-state index contributed by atoms with van der Waals surface area (Å²) in [7, 11) is 0. The summed E-state index contributed by atoms with van der Waals surface area (Å²) < 4.78 is 0. The molecule has 5 aromatic carbocycles. The predicted octanol–water partition coefficient (Wildman–Crippen LogP) is 9.61. The highest BCUT2D eigenvalue weighted by molar-refractivity contribution is 7.99. The highest BCUT2D eigenvalue weighted by atomic mass is 32.2. The van der Waals surface area contributed by atoms with Gasteiger partial charge in [-0.15, -0.1) is 0 Å². The number of anilines is 3. The van der Waals surface area contributed by atoms with E-state index in [1.165, 1.54) is 37.7 Å². The summed E-state index contributed by atoms with van der Waals surface area (Å²) in [6.07, 6.45) is 0. The maximum Gasteiger partial charge on any atom is 0.0472 e. The van der Waals surface area contributed by atoms with E-state index in [2.05, 4.69) is 146 Å². The minimum atomic E-state index is 0.00821. The average molecular weight is 470 g/mol. The molecule has 0 radical (unpaired) electrons. The van der Waals surface area contributed by atoms with Crippen molar-refractivity contribution in [2.24, 2.45) is 0 Å². The van der Waals surface area contributed by atoms with E-state index in [0.717, 1.165) is 11.4 Å². The first-order valence-electron chi connectivity index (χ1n) is 12.0. The molecule has 0 spiro atoms. The Morgan fingerprint density at radius 2 is 1.09 bits per heavy atom. The molecular formula is C33H27NS. The third-order valence-electron chi connectivity index (χ3n) is 6.89. The topological polar surface area (TPSA) is 3.24 Å². The van der Waals surface area contributed by atoms with Gasteiger partial charge in [0.2, 0.25) is 0 Å². The Morgan fingerprint density at radius 3 is 1.89 bits per heavy atom. The summed E-state index contributed by atoms with van der Waals surface area (Å²) in [4.78, 5) is 4.83. The number of hydrogen-bond donors (Lipinski definition) is 0. The van der Waals surface area contributed by atoms with E-state index in [4.69, 9.17) is 0 Å². The van der Waals surface area contributed by atoms with E-state index in [1.807, 2.05) is 0 Å². The Balaban J connectivity index is 1.47. The maximum atomic E-state index is 2.37. The fraction of sp³-hybridized carbons (Fsp3) is 0.0909. The quantitative estimate of drug-likeness (QED) is 0.252. The zero-order valence-electron chi connectivity index (χ0n) is 20.0. The van der Waals surface area contributed by atoms with Crippen LogP contribution in [0, 0.1) is 0 Å². The second kappa shape index (κ2) is 8.79. The minimum absolute atomic E-state index is 0.00821. The first-order chi connectivity index (χ1) is 17.1. The molecule has 5 aromatic rings. The molecule has 2 heteroatoms. The first kappa shape index (κ1) is 21.8. The van der Waals surface area contributed by atoms with Gasteiger partial charge in [-0.2, -0.15) is 0 Å². The number of hydrogen-bond acceptors (Lipinski definition) is 2. The molecule has 35 heavy (non-hydrogen) atoms. The van der Waals surface area contributed by atoms with Crippen LogP contribution in [0.3, 0.4) is 0 Å². The fourth-order valence-electron chi connectivity index (χ4n) is 5.18. The monoisotopic (exact) mass is 469 g/mol. The van der Waals surface area contributed by atoms with Crippen LogP contribution in [0.15, 0.2) is 137 Å². The van der Waals surface area contributed by atoms with E-state index >= 15 is 0 Å². The van der Waals surface area contributed by atoms with Crippen LogP contribution in [0.2, 0.25) is 0 Å². The predicted molar refractivity (Wildman–Crippen MR) is 149 cm³/mol. The molecule has 170 valence electrons. The van der Waals surface area contributed by atoms with Crippen molar-refractivity contribution in [1.29, 1.82) is 0 Å². The van der Waals surface area contributed by atoms with E-state index in [1.54, 1.807) is 11.8 Å². The molecular weight excluding hydrogens is 442 g/mol. The molecule has 6 rings (SSSR count). The molecule has 0 N–H and O–H groups in total. The van der Waals surface area contributed by atoms with E-state index in [-0.39, 0.29) is 5.41 Å². The highest BCUT2D eigenvalue weighted by Gasteiger charge is 2.35. The summed E-state index contributed by atoms with van der Waals surface area (Å²) in [6.45, 7) is 4.66. The second-order valence-corrected chi connectivity index (χ2v) is 10.6. The Hall–Kier alpha value is -3.75. The minimum Gasteiger partial charge on any atom is -0.310 e. The van der Waals surface area contributed by atoms with Crippen molar-refractivity contribution in [1.82, 2.24) is 0 Å². The smallest absolute Gasteiger partial charge is 0.0472 e. The largest absolute Gasteiger partial charge is 0.310 e. The molecule has 0 aliphatic heterocycles. The number of nitrogens with zero attached hydrogens (tertiary/aromatic N) is 1. The third-order valence-corrected chi connectivity index (χ3v) is 7.89. The fourth-order valence-corrected chi connectivity index (χ4v) is 6.07. The van der Waals surface area contributed by atoms with Crippen molar-refractivity contribution in [3.63, 3.8) is 0 Å². The molecule has 0 saturated heterocycles. The van der Waals surface area contributed by atoms with Crippen molar-refractivity contribution in [3.05, 3.63) is 139 Å². The van der Waals surface area contributed by atoms with E-state index in [0.29, 0.717) is 0 Å². The molecule has 0 saturated carbocycles. The Labute approximate surface area is 212 Å². The van der Waals surface area contributed by atoms with Crippen LogP contribution >= 0.6 is 11.8 Å². The second-order valence-electron chi connectivity index (χ2n) is 9.48. The summed E-state index contributed by atoms with van der Waals surface area (Å²) in [5.74, 6) is 0. The SMILES string of the molecule is CC1(C)c2ccccc2-c2cc(N(c3ccccc3)c3cccc(Sc4ccccc4)c3)ccc21. The van der Waals surface area contributed by atoms with Gasteiger partial charge in [0, 0.05) is 32.3 Å². The van der Waals surface area contributed by atoms with Crippen molar-refractivity contribution >= 4 is 28.8 Å². The molecule has 0 fully saturated rings. The zero-order valence-corrected chi connectivity index (χ0v) is 20.8. The van der Waals surface area contributed by atoms with Crippen molar-refractivity contribution in [3.8, 4) is 11.1 Å². The van der Waals surface area contributed by atoms with Gasteiger partial charge in [0.05, 0.1) is 0 Å². The van der Waals surface area contributed by atoms with Crippen LogP contribution in [0.1, 0.15) is 25.0 Å². The maximum absolute atomic E-state index is 2.37.